The van der Waals surface area contributed by atoms with Gasteiger partial charge in [-0.05, 0) is 36.8 Å². The molecule has 3 heterocycles. The van der Waals surface area contributed by atoms with Crippen LogP contribution in [0.15, 0.2) is 57.9 Å². The fourth-order valence-electron chi connectivity index (χ4n) is 4.78. The SMILES string of the molecule is COc1ccc(-c2coc3cc(OC4OC(COC5OC(C)C(O)C(O)C5O)C(O)C(O)C4O)ccc3c2=O)cc1. The Labute approximate surface area is 233 Å². The van der Waals surface area contributed by atoms with Crippen molar-refractivity contribution in [3.05, 3.63) is 59.0 Å². The number of aliphatic hydroxyl groups excluding tert-OH is 6. The molecule has 222 valence electrons. The molecule has 0 spiro atoms. The Balaban J connectivity index is 1.29. The summed E-state index contributed by atoms with van der Waals surface area (Å²) in [5.41, 5.74) is 0.927. The van der Waals surface area contributed by atoms with E-state index in [9.17, 15) is 35.4 Å². The second kappa shape index (κ2) is 12.0. The van der Waals surface area contributed by atoms with Gasteiger partial charge in [0.05, 0.1) is 30.8 Å². The number of benzene rings is 2. The highest BCUT2D eigenvalue weighted by Gasteiger charge is 2.47. The Morgan fingerprint density at radius 2 is 1.44 bits per heavy atom. The number of hydrogen-bond donors (Lipinski definition) is 6. The van der Waals surface area contributed by atoms with E-state index in [1.807, 2.05) is 0 Å². The molecule has 13 heteroatoms. The van der Waals surface area contributed by atoms with E-state index in [0.29, 0.717) is 16.9 Å². The van der Waals surface area contributed by atoms with Gasteiger partial charge in [-0.3, -0.25) is 4.79 Å². The van der Waals surface area contributed by atoms with E-state index in [1.165, 1.54) is 31.4 Å². The van der Waals surface area contributed by atoms with Crippen molar-refractivity contribution in [3.63, 3.8) is 0 Å². The average Bonchev–Trinajstić information content (AvgIpc) is 2.98. The second-order valence-corrected chi connectivity index (χ2v) is 10.0. The molecular weight excluding hydrogens is 544 g/mol. The maximum Gasteiger partial charge on any atom is 0.229 e. The molecule has 6 N–H and O–H groups in total. The van der Waals surface area contributed by atoms with E-state index in [0.717, 1.165) is 0 Å². The molecule has 2 aliphatic rings. The van der Waals surface area contributed by atoms with Gasteiger partial charge in [-0.1, -0.05) is 12.1 Å². The van der Waals surface area contributed by atoms with Gasteiger partial charge in [-0.15, -0.1) is 0 Å². The minimum absolute atomic E-state index is 0.141. The predicted molar refractivity (Wildman–Crippen MR) is 140 cm³/mol. The monoisotopic (exact) mass is 576 g/mol. The smallest absolute Gasteiger partial charge is 0.229 e. The Morgan fingerprint density at radius 1 is 0.780 bits per heavy atom. The lowest BCUT2D eigenvalue weighted by molar-refractivity contribution is -0.318. The highest BCUT2D eigenvalue weighted by atomic mass is 16.7. The van der Waals surface area contributed by atoms with Crippen LogP contribution in [0.4, 0.5) is 0 Å². The van der Waals surface area contributed by atoms with Crippen molar-refractivity contribution in [2.75, 3.05) is 13.7 Å². The van der Waals surface area contributed by atoms with E-state index < -0.39 is 68.0 Å². The van der Waals surface area contributed by atoms with Gasteiger partial charge in [0.2, 0.25) is 6.29 Å². The molecule has 10 unspecified atom stereocenters. The molecule has 10 atom stereocenters. The van der Waals surface area contributed by atoms with Crippen LogP contribution in [0.3, 0.4) is 0 Å². The Morgan fingerprint density at radius 3 is 2.15 bits per heavy atom. The van der Waals surface area contributed by atoms with E-state index in [4.69, 9.17) is 28.1 Å². The van der Waals surface area contributed by atoms with Crippen molar-refractivity contribution in [3.8, 4) is 22.6 Å². The zero-order valence-electron chi connectivity index (χ0n) is 22.1. The molecule has 2 aromatic carbocycles. The Bertz CT molecular complexity index is 1390. The molecule has 2 fully saturated rings. The Hall–Kier alpha value is -3.11. The van der Waals surface area contributed by atoms with Crippen LogP contribution in [0.25, 0.3) is 22.1 Å². The largest absolute Gasteiger partial charge is 0.497 e. The fourth-order valence-corrected chi connectivity index (χ4v) is 4.78. The maximum absolute atomic E-state index is 13.1. The summed E-state index contributed by atoms with van der Waals surface area (Å²) in [5.74, 6) is 0.787. The molecule has 41 heavy (non-hydrogen) atoms. The molecule has 2 saturated heterocycles. The van der Waals surface area contributed by atoms with Crippen LogP contribution in [0.5, 0.6) is 11.5 Å². The molecule has 2 aliphatic heterocycles. The summed E-state index contributed by atoms with van der Waals surface area (Å²) in [4.78, 5) is 13.1. The van der Waals surface area contributed by atoms with Gasteiger partial charge in [-0.25, -0.2) is 0 Å². The van der Waals surface area contributed by atoms with E-state index in [1.54, 1.807) is 31.4 Å². The molecule has 13 nitrogen and oxygen atoms in total. The Kier molecular flexibility index (Phi) is 8.61. The number of fused-ring (bicyclic) bond motifs is 1. The number of hydrogen-bond acceptors (Lipinski definition) is 13. The lowest BCUT2D eigenvalue weighted by Gasteiger charge is -2.42. The molecule has 0 aliphatic carbocycles. The van der Waals surface area contributed by atoms with E-state index >= 15 is 0 Å². The first-order valence-corrected chi connectivity index (χ1v) is 13.0. The fraction of sp³-hybridized carbons (Fsp3) is 0.464. The van der Waals surface area contributed by atoms with Gasteiger partial charge < -0.3 is 58.7 Å². The first-order valence-electron chi connectivity index (χ1n) is 13.0. The summed E-state index contributed by atoms with van der Waals surface area (Å²) in [5, 5.41) is 61.6. The summed E-state index contributed by atoms with van der Waals surface area (Å²) in [7, 11) is 1.55. The molecule has 0 radical (unpaired) electrons. The zero-order chi connectivity index (χ0) is 29.4. The third-order valence-corrected chi connectivity index (χ3v) is 7.30. The topological polar surface area (TPSA) is 198 Å². The third kappa shape index (κ3) is 5.81. The molecule has 1 aromatic heterocycles. The summed E-state index contributed by atoms with van der Waals surface area (Å²) in [6, 6.07) is 11.3. The number of ether oxygens (including phenoxy) is 5. The summed E-state index contributed by atoms with van der Waals surface area (Å²) in [6.45, 7) is 1.06. The van der Waals surface area contributed by atoms with Crippen molar-refractivity contribution in [1.29, 1.82) is 0 Å². The van der Waals surface area contributed by atoms with Gasteiger partial charge in [0.1, 0.15) is 66.1 Å². The van der Waals surface area contributed by atoms with Gasteiger partial charge in [0, 0.05) is 6.07 Å². The van der Waals surface area contributed by atoms with E-state index in [2.05, 4.69) is 0 Å². The van der Waals surface area contributed by atoms with Crippen LogP contribution in [0.2, 0.25) is 0 Å². The average molecular weight is 577 g/mol. The lowest BCUT2D eigenvalue weighted by Crippen LogP contribution is -2.61. The van der Waals surface area contributed by atoms with E-state index in [-0.39, 0.29) is 22.1 Å². The van der Waals surface area contributed by atoms with Crippen molar-refractivity contribution < 1.29 is 58.7 Å². The molecule has 5 rings (SSSR count). The minimum atomic E-state index is -1.68. The van der Waals surface area contributed by atoms with Gasteiger partial charge in [0.15, 0.2) is 11.7 Å². The van der Waals surface area contributed by atoms with Crippen LogP contribution < -0.4 is 14.9 Å². The number of aliphatic hydroxyl groups is 6. The van der Waals surface area contributed by atoms with Gasteiger partial charge in [0.25, 0.3) is 0 Å². The van der Waals surface area contributed by atoms with Crippen molar-refractivity contribution in [2.45, 2.75) is 68.3 Å². The van der Waals surface area contributed by atoms with Crippen LogP contribution in [-0.2, 0) is 14.2 Å². The highest BCUT2D eigenvalue weighted by Crippen LogP contribution is 2.29. The molecule has 0 amide bonds. The number of rotatable bonds is 7. The van der Waals surface area contributed by atoms with Crippen LogP contribution in [0, 0.1) is 0 Å². The lowest BCUT2D eigenvalue weighted by atomic mass is 9.98. The summed E-state index contributed by atoms with van der Waals surface area (Å²) >= 11 is 0. The standard InChI is InChI=1S/C28H32O13/c1-12-20(29)23(32)25(34)27(39-12)38-11-19-22(31)24(33)26(35)28(41-19)40-15-7-8-16-18(9-15)37-10-17(21(16)30)13-3-5-14(36-2)6-4-13/h3-10,12,19-20,22-29,31-35H,11H2,1-2H3. The van der Waals surface area contributed by atoms with Crippen molar-refractivity contribution in [1.82, 2.24) is 0 Å². The van der Waals surface area contributed by atoms with Gasteiger partial charge in [-0.2, -0.15) is 0 Å². The minimum Gasteiger partial charge on any atom is -0.497 e. The first-order chi connectivity index (χ1) is 19.6. The molecular formula is C28H32O13. The van der Waals surface area contributed by atoms with Crippen molar-refractivity contribution in [2.24, 2.45) is 0 Å². The van der Waals surface area contributed by atoms with Crippen LogP contribution in [0.1, 0.15) is 6.92 Å². The third-order valence-electron chi connectivity index (χ3n) is 7.30. The second-order valence-electron chi connectivity index (χ2n) is 10.0. The zero-order valence-corrected chi connectivity index (χ0v) is 22.1. The molecule has 0 saturated carbocycles. The van der Waals surface area contributed by atoms with Crippen LogP contribution in [-0.4, -0.2) is 106 Å². The molecule has 0 bridgehead atoms. The van der Waals surface area contributed by atoms with Gasteiger partial charge >= 0.3 is 0 Å². The summed E-state index contributed by atoms with van der Waals surface area (Å²) in [6.07, 6.45) is -12.9. The van der Waals surface area contributed by atoms with Crippen LogP contribution >= 0.6 is 0 Å². The van der Waals surface area contributed by atoms with Crippen molar-refractivity contribution >= 4 is 11.0 Å². The number of methoxy groups -OCH3 is 1. The first kappa shape index (κ1) is 29.4. The maximum atomic E-state index is 13.1. The molecule has 3 aromatic rings. The summed E-state index contributed by atoms with van der Waals surface area (Å²) < 4.78 is 33.1. The quantitative estimate of drug-likeness (QED) is 0.211. The predicted octanol–water partition coefficient (Wildman–Crippen LogP) is -0.501. The normalized spacial score (nSPS) is 34.0. The highest BCUT2D eigenvalue weighted by molar-refractivity contribution is 5.82.